The maximum absolute atomic E-state index is 12.8. The molecule has 1 saturated heterocycles. The van der Waals surface area contributed by atoms with E-state index in [1.54, 1.807) is 12.1 Å². The van der Waals surface area contributed by atoms with Crippen LogP contribution < -0.4 is 10.6 Å². The van der Waals surface area contributed by atoms with Crippen molar-refractivity contribution < 1.29 is 9.18 Å². The van der Waals surface area contributed by atoms with Crippen LogP contribution in [0.15, 0.2) is 24.3 Å². The third-order valence-corrected chi connectivity index (χ3v) is 3.84. The van der Waals surface area contributed by atoms with Crippen molar-refractivity contribution in [3.63, 3.8) is 0 Å². The number of rotatable bonds is 6. The summed E-state index contributed by atoms with van der Waals surface area (Å²) in [5, 5.41) is 6.21. The van der Waals surface area contributed by atoms with Crippen molar-refractivity contribution in [2.45, 2.75) is 32.2 Å². The summed E-state index contributed by atoms with van der Waals surface area (Å²) in [6.45, 7) is 5.34. The van der Waals surface area contributed by atoms with Crippen LogP contribution >= 0.6 is 0 Å². The predicted octanol–water partition coefficient (Wildman–Crippen LogP) is 2.23. The topological polar surface area (TPSA) is 44.4 Å². The number of carbonyl (C=O) groups is 1. The number of piperazine rings is 1. The van der Waals surface area contributed by atoms with Gasteiger partial charge < -0.3 is 10.6 Å². The van der Waals surface area contributed by atoms with Crippen molar-refractivity contribution in [2.24, 2.45) is 0 Å². The summed E-state index contributed by atoms with van der Waals surface area (Å²) in [7, 11) is 0. The lowest BCUT2D eigenvalue weighted by molar-refractivity contribution is -0.118. The van der Waals surface area contributed by atoms with Gasteiger partial charge in [0.25, 0.3) is 0 Å². The highest BCUT2D eigenvalue weighted by Gasteiger charge is 2.23. The van der Waals surface area contributed by atoms with E-state index in [0.717, 1.165) is 26.1 Å². The Bertz CT molecular complexity index is 449. The van der Waals surface area contributed by atoms with Gasteiger partial charge in [-0.15, -0.1) is 0 Å². The highest BCUT2D eigenvalue weighted by molar-refractivity contribution is 5.92. The van der Waals surface area contributed by atoms with Crippen molar-refractivity contribution in [1.82, 2.24) is 10.2 Å². The van der Waals surface area contributed by atoms with E-state index in [0.29, 0.717) is 18.3 Å². The number of nitrogens with zero attached hydrogens (tertiary/aromatic N) is 1. The van der Waals surface area contributed by atoms with Gasteiger partial charge in [-0.05, 0) is 30.7 Å². The van der Waals surface area contributed by atoms with Gasteiger partial charge in [-0.2, -0.15) is 0 Å². The lowest BCUT2D eigenvalue weighted by atomic mass is 10.1. The fraction of sp³-hybridized carbons (Fsp3) is 0.562. The summed E-state index contributed by atoms with van der Waals surface area (Å²) in [5.41, 5.74) is 0.640. The highest BCUT2D eigenvalue weighted by atomic mass is 19.1. The van der Waals surface area contributed by atoms with Crippen molar-refractivity contribution in [3.05, 3.63) is 30.1 Å². The second kappa shape index (κ2) is 8.10. The first-order chi connectivity index (χ1) is 10.2. The molecule has 5 heteroatoms. The Morgan fingerprint density at radius 1 is 1.43 bits per heavy atom. The van der Waals surface area contributed by atoms with Crippen molar-refractivity contribution in [2.75, 3.05) is 31.5 Å². The van der Waals surface area contributed by atoms with E-state index in [9.17, 15) is 9.18 Å². The molecular formula is C16H24FN3O. The summed E-state index contributed by atoms with van der Waals surface area (Å²) in [5.74, 6) is -0.334. The molecule has 21 heavy (non-hydrogen) atoms. The molecule has 0 aromatic heterocycles. The van der Waals surface area contributed by atoms with Crippen LogP contribution in [-0.2, 0) is 4.79 Å². The molecule has 1 aromatic carbocycles. The largest absolute Gasteiger partial charge is 0.325 e. The summed E-state index contributed by atoms with van der Waals surface area (Å²) >= 11 is 0. The molecule has 116 valence electrons. The highest BCUT2D eigenvalue weighted by Crippen LogP contribution is 2.12. The Kier molecular flexibility index (Phi) is 6.14. The zero-order valence-corrected chi connectivity index (χ0v) is 12.6. The Hall–Kier alpha value is -1.46. The lowest BCUT2D eigenvalue weighted by Gasteiger charge is -2.35. The molecule has 2 N–H and O–H groups in total. The van der Waals surface area contributed by atoms with Gasteiger partial charge in [0.1, 0.15) is 5.82 Å². The van der Waals surface area contributed by atoms with Crippen LogP contribution in [0.5, 0.6) is 0 Å². The van der Waals surface area contributed by atoms with E-state index >= 15 is 0 Å². The van der Waals surface area contributed by atoms with E-state index in [4.69, 9.17) is 0 Å². The minimum atomic E-state index is -0.297. The molecule has 0 radical (unpaired) electrons. The zero-order chi connectivity index (χ0) is 15.1. The lowest BCUT2D eigenvalue weighted by Crippen LogP contribution is -2.53. The number of hydrogen-bond acceptors (Lipinski definition) is 3. The van der Waals surface area contributed by atoms with Gasteiger partial charge in [-0.25, -0.2) is 4.39 Å². The van der Waals surface area contributed by atoms with E-state index in [1.807, 2.05) is 0 Å². The molecule has 1 aliphatic rings. The minimum Gasteiger partial charge on any atom is -0.325 e. The smallest absolute Gasteiger partial charge is 0.238 e. The molecule has 2 rings (SSSR count). The molecular weight excluding hydrogens is 269 g/mol. The first-order valence-electron chi connectivity index (χ1n) is 7.69. The third kappa shape index (κ3) is 5.10. The number of benzene rings is 1. The standard InChI is InChI=1S/C16H24FN3O/c1-2-3-4-15-11-18-9-10-20(15)12-16(21)19-14-7-5-13(17)6-8-14/h5-8,15,18H,2-4,9-12H2,1H3,(H,19,21). The van der Waals surface area contributed by atoms with Gasteiger partial charge in [0.15, 0.2) is 0 Å². The maximum atomic E-state index is 12.8. The molecule has 1 aliphatic heterocycles. The fourth-order valence-electron chi connectivity index (χ4n) is 2.65. The molecule has 0 spiro atoms. The molecule has 1 aromatic rings. The molecule has 1 amide bonds. The van der Waals surface area contributed by atoms with Gasteiger partial charge in [-0.3, -0.25) is 9.69 Å². The van der Waals surface area contributed by atoms with Gasteiger partial charge >= 0.3 is 0 Å². The molecule has 0 bridgehead atoms. The van der Waals surface area contributed by atoms with Gasteiger partial charge in [0.2, 0.25) is 5.91 Å². The van der Waals surface area contributed by atoms with Crippen molar-refractivity contribution in [1.29, 1.82) is 0 Å². The number of unbranched alkanes of at least 4 members (excludes halogenated alkanes) is 1. The number of anilines is 1. The number of nitrogens with one attached hydrogen (secondary N) is 2. The van der Waals surface area contributed by atoms with Crippen LogP contribution in [0.4, 0.5) is 10.1 Å². The van der Waals surface area contributed by atoms with Crippen LogP contribution in [-0.4, -0.2) is 43.0 Å². The van der Waals surface area contributed by atoms with Gasteiger partial charge in [0, 0.05) is 31.4 Å². The van der Waals surface area contributed by atoms with Crippen LogP contribution in [0.3, 0.4) is 0 Å². The molecule has 0 aliphatic carbocycles. The van der Waals surface area contributed by atoms with E-state index < -0.39 is 0 Å². The van der Waals surface area contributed by atoms with E-state index in [2.05, 4.69) is 22.5 Å². The second-order valence-corrected chi connectivity index (χ2v) is 5.53. The predicted molar refractivity (Wildman–Crippen MR) is 82.8 cm³/mol. The van der Waals surface area contributed by atoms with Crippen molar-refractivity contribution in [3.8, 4) is 0 Å². The molecule has 0 saturated carbocycles. The Morgan fingerprint density at radius 2 is 2.19 bits per heavy atom. The minimum absolute atomic E-state index is 0.0370. The zero-order valence-electron chi connectivity index (χ0n) is 12.6. The molecule has 1 atom stereocenters. The average Bonchev–Trinajstić information content (AvgIpc) is 2.49. The van der Waals surface area contributed by atoms with Crippen LogP contribution in [0.2, 0.25) is 0 Å². The summed E-state index contributed by atoms with van der Waals surface area (Å²) in [6.07, 6.45) is 3.47. The summed E-state index contributed by atoms with van der Waals surface area (Å²) in [6, 6.07) is 6.30. The van der Waals surface area contributed by atoms with Gasteiger partial charge in [-0.1, -0.05) is 19.8 Å². The summed E-state index contributed by atoms with van der Waals surface area (Å²) < 4.78 is 12.8. The maximum Gasteiger partial charge on any atom is 0.238 e. The molecule has 1 unspecified atom stereocenters. The van der Waals surface area contributed by atoms with Crippen molar-refractivity contribution >= 4 is 11.6 Å². The molecule has 1 fully saturated rings. The summed E-state index contributed by atoms with van der Waals surface area (Å²) in [4.78, 5) is 14.4. The Labute approximate surface area is 125 Å². The van der Waals surface area contributed by atoms with Gasteiger partial charge in [0.05, 0.1) is 6.54 Å². The third-order valence-electron chi connectivity index (χ3n) is 3.84. The Balaban J connectivity index is 1.86. The van der Waals surface area contributed by atoms with E-state index in [1.165, 1.54) is 25.0 Å². The molecule has 1 heterocycles. The number of carbonyl (C=O) groups excluding carboxylic acids is 1. The SMILES string of the molecule is CCCCC1CNCCN1CC(=O)Nc1ccc(F)cc1. The van der Waals surface area contributed by atoms with Crippen LogP contribution in [0.25, 0.3) is 0 Å². The second-order valence-electron chi connectivity index (χ2n) is 5.53. The number of halogens is 1. The fourth-order valence-corrected chi connectivity index (χ4v) is 2.65. The number of amides is 1. The van der Waals surface area contributed by atoms with Crippen LogP contribution in [0, 0.1) is 5.82 Å². The molecule has 4 nitrogen and oxygen atoms in total. The number of hydrogen-bond donors (Lipinski definition) is 2. The Morgan fingerprint density at radius 3 is 2.90 bits per heavy atom. The quantitative estimate of drug-likeness (QED) is 0.845. The van der Waals surface area contributed by atoms with Crippen LogP contribution in [0.1, 0.15) is 26.2 Å². The van der Waals surface area contributed by atoms with E-state index in [-0.39, 0.29) is 11.7 Å². The first-order valence-corrected chi connectivity index (χ1v) is 7.69. The monoisotopic (exact) mass is 293 g/mol. The average molecular weight is 293 g/mol. The first kappa shape index (κ1) is 15.9. The normalized spacial score (nSPS) is 19.4.